The van der Waals surface area contributed by atoms with Gasteiger partial charge in [0.05, 0.1) is 12.6 Å². The number of hydrogen-bond acceptors (Lipinski definition) is 3. The van der Waals surface area contributed by atoms with E-state index in [1.165, 1.54) is 6.92 Å². The van der Waals surface area contributed by atoms with E-state index in [2.05, 4.69) is 24.4 Å². The molecule has 0 aliphatic heterocycles. The Labute approximate surface area is 155 Å². The lowest BCUT2D eigenvalue weighted by Gasteiger charge is -2.18. The zero-order valence-electron chi connectivity index (χ0n) is 15.5. The quantitative estimate of drug-likeness (QED) is 0.497. The second-order valence-electron chi connectivity index (χ2n) is 6.35. The maximum absolute atomic E-state index is 12.2. The van der Waals surface area contributed by atoms with Crippen molar-refractivity contribution in [2.45, 2.75) is 45.6 Å². The molecule has 0 aliphatic carbocycles. The zero-order chi connectivity index (χ0) is 18.8. The third kappa shape index (κ3) is 6.36. The topological polar surface area (TPSA) is 55.4 Å². The molecule has 1 unspecified atom stereocenters. The first-order valence-corrected chi connectivity index (χ1v) is 9.18. The highest BCUT2D eigenvalue weighted by Gasteiger charge is 2.13. The third-order valence-corrected chi connectivity index (χ3v) is 4.19. The van der Waals surface area contributed by atoms with Crippen LogP contribution in [0.5, 0.6) is 5.75 Å². The number of amides is 1. The summed E-state index contributed by atoms with van der Waals surface area (Å²) in [6.45, 7) is 4.12. The number of benzene rings is 2. The monoisotopic (exact) mass is 353 g/mol. The molecule has 2 aromatic carbocycles. The summed E-state index contributed by atoms with van der Waals surface area (Å²) in [6, 6.07) is 17.2. The van der Waals surface area contributed by atoms with Crippen LogP contribution in [0.4, 0.5) is 0 Å². The van der Waals surface area contributed by atoms with Crippen LogP contribution in [0.1, 0.15) is 61.5 Å². The van der Waals surface area contributed by atoms with Crippen molar-refractivity contribution in [1.82, 2.24) is 5.32 Å². The van der Waals surface area contributed by atoms with Crippen molar-refractivity contribution in [2.75, 3.05) is 6.61 Å². The Morgan fingerprint density at radius 3 is 2.35 bits per heavy atom. The maximum Gasteiger partial charge on any atom is 0.220 e. The SMILES string of the molecule is CCCC(NC(=O)CCCOc1ccc(C(C)=O)cc1)c1ccccc1. The highest BCUT2D eigenvalue weighted by Crippen LogP contribution is 2.18. The van der Waals surface area contributed by atoms with Gasteiger partial charge < -0.3 is 10.1 Å². The van der Waals surface area contributed by atoms with E-state index in [4.69, 9.17) is 4.74 Å². The molecule has 26 heavy (non-hydrogen) atoms. The lowest BCUT2D eigenvalue weighted by atomic mass is 10.0. The van der Waals surface area contributed by atoms with Crippen molar-refractivity contribution in [3.05, 3.63) is 65.7 Å². The average molecular weight is 353 g/mol. The molecular formula is C22H27NO3. The molecule has 0 aliphatic rings. The van der Waals surface area contributed by atoms with Gasteiger partial charge in [0.25, 0.3) is 0 Å². The molecule has 4 nitrogen and oxygen atoms in total. The van der Waals surface area contributed by atoms with E-state index in [-0.39, 0.29) is 17.7 Å². The summed E-state index contributed by atoms with van der Waals surface area (Å²) in [5.74, 6) is 0.791. The molecule has 1 atom stereocenters. The lowest BCUT2D eigenvalue weighted by molar-refractivity contribution is -0.122. The Balaban J connectivity index is 1.74. The Morgan fingerprint density at radius 2 is 1.73 bits per heavy atom. The number of carbonyl (C=O) groups is 2. The van der Waals surface area contributed by atoms with Crippen LogP contribution in [-0.4, -0.2) is 18.3 Å². The van der Waals surface area contributed by atoms with Crippen molar-refractivity contribution in [3.8, 4) is 5.75 Å². The molecule has 0 aromatic heterocycles. The second-order valence-corrected chi connectivity index (χ2v) is 6.35. The van der Waals surface area contributed by atoms with E-state index < -0.39 is 0 Å². The van der Waals surface area contributed by atoms with E-state index in [1.807, 2.05) is 18.2 Å². The van der Waals surface area contributed by atoms with Crippen LogP contribution in [0.15, 0.2) is 54.6 Å². The van der Waals surface area contributed by atoms with Crippen LogP contribution >= 0.6 is 0 Å². The van der Waals surface area contributed by atoms with Crippen molar-refractivity contribution >= 4 is 11.7 Å². The standard InChI is InChI=1S/C22H27NO3/c1-3-8-21(19-9-5-4-6-10-19)23-22(25)11-7-16-26-20-14-12-18(13-15-20)17(2)24/h4-6,9-10,12-15,21H,3,7-8,11,16H2,1-2H3,(H,23,25). The summed E-state index contributed by atoms with van der Waals surface area (Å²) in [5.41, 5.74) is 1.81. The second kappa shape index (κ2) is 10.4. The molecule has 0 bridgehead atoms. The Bertz CT molecular complexity index is 695. The van der Waals surface area contributed by atoms with Crippen LogP contribution in [0.3, 0.4) is 0 Å². The minimum atomic E-state index is 0.0354. The molecule has 0 spiro atoms. The van der Waals surface area contributed by atoms with Crippen molar-refractivity contribution in [2.24, 2.45) is 0 Å². The van der Waals surface area contributed by atoms with Gasteiger partial charge in [-0.2, -0.15) is 0 Å². The number of carbonyl (C=O) groups excluding carboxylic acids is 2. The fraction of sp³-hybridized carbons (Fsp3) is 0.364. The molecule has 2 aromatic rings. The predicted octanol–water partition coefficient (Wildman–Crippen LogP) is 4.71. The summed E-state index contributed by atoms with van der Waals surface area (Å²) < 4.78 is 5.64. The van der Waals surface area contributed by atoms with Gasteiger partial charge in [-0.3, -0.25) is 9.59 Å². The van der Waals surface area contributed by atoms with Crippen molar-refractivity contribution < 1.29 is 14.3 Å². The van der Waals surface area contributed by atoms with Crippen LogP contribution < -0.4 is 10.1 Å². The number of Topliss-reactive ketones (excluding diaryl/α,β-unsaturated/α-hetero) is 1. The normalized spacial score (nSPS) is 11.6. The smallest absolute Gasteiger partial charge is 0.220 e. The molecule has 2 rings (SSSR count). The predicted molar refractivity (Wildman–Crippen MR) is 103 cm³/mol. The fourth-order valence-corrected chi connectivity index (χ4v) is 2.77. The van der Waals surface area contributed by atoms with Gasteiger partial charge in [0, 0.05) is 12.0 Å². The average Bonchev–Trinajstić information content (AvgIpc) is 2.66. The maximum atomic E-state index is 12.2. The third-order valence-electron chi connectivity index (χ3n) is 4.19. The van der Waals surface area contributed by atoms with Crippen LogP contribution in [0, 0.1) is 0 Å². The molecule has 0 saturated carbocycles. The van der Waals surface area contributed by atoms with Gasteiger partial charge in [0.2, 0.25) is 5.91 Å². The first-order valence-electron chi connectivity index (χ1n) is 9.18. The van der Waals surface area contributed by atoms with E-state index in [1.54, 1.807) is 24.3 Å². The van der Waals surface area contributed by atoms with E-state index in [0.717, 1.165) is 18.4 Å². The zero-order valence-corrected chi connectivity index (χ0v) is 15.5. The van der Waals surface area contributed by atoms with Crippen LogP contribution in [0.2, 0.25) is 0 Å². The molecule has 0 heterocycles. The minimum Gasteiger partial charge on any atom is -0.494 e. The summed E-state index contributed by atoms with van der Waals surface area (Å²) in [7, 11) is 0. The van der Waals surface area contributed by atoms with Gasteiger partial charge in [-0.25, -0.2) is 0 Å². The van der Waals surface area contributed by atoms with Gasteiger partial charge in [0.15, 0.2) is 5.78 Å². The van der Waals surface area contributed by atoms with Crippen molar-refractivity contribution in [1.29, 1.82) is 0 Å². The van der Waals surface area contributed by atoms with Gasteiger partial charge in [-0.05, 0) is 49.6 Å². The number of hydrogen-bond donors (Lipinski definition) is 1. The molecule has 0 fully saturated rings. The summed E-state index contributed by atoms with van der Waals surface area (Å²) >= 11 is 0. The van der Waals surface area contributed by atoms with Gasteiger partial charge in [-0.1, -0.05) is 43.7 Å². The van der Waals surface area contributed by atoms with E-state index >= 15 is 0 Å². The molecule has 4 heteroatoms. The molecular weight excluding hydrogens is 326 g/mol. The number of rotatable bonds is 10. The summed E-state index contributed by atoms with van der Waals surface area (Å²) in [4.78, 5) is 23.5. The van der Waals surface area contributed by atoms with Crippen molar-refractivity contribution in [3.63, 3.8) is 0 Å². The van der Waals surface area contributed by atoms with Gasteiger partial charge in [0.1, 0.15) is 5.75 Å². The molecule has 138 valence electrons. The lowest BCUT2D eigenvalue weighted by Crippen LogP contribution is -2.28. The summed E-state index contributed by atoms with van der Waals surface area (Å²) in [6.07, 6.45) is 3.01. The molecule has 0 saturated heterocycles. The number of ketones is 1. The largest absolute Gasteiger partial charge is 0.494 e. The van der Waals surface area contributed by atoms with Crippen LogP contribution in [0.25, 0.3) is 0 Å². The minimum absolute atomic E-state index is 0.0354. The Kier molecular flexibility index (Phi) is 7.87. The molecule has 1 amide bonds. The van der Waals surface area contributed by atoms with E-state index in [0.29, 0.717) is 30.8 Å². The Hall–Kier alpha value is -2.62. The summed E-state index contributed by atoms with van der Waals surface area (Å²) in [5, 5.41) is 3.12. The Morgan fingerprint density at radius 1 is 1.04 bits per heavy atom. The first-order chi connectivity index (χ1) is 12.6. The van der Waals surface area contributed by atoms with Gasteiger partial charge >= 0.3 is 0 Å². The van der Waals surface area contributed by atoms with E-state index in [9.17, 15) is 9.59 Å². The van der Waals surface area contributed by atoms with Crippen LogP contribution in [-0.2, 0) is 4.79 Å². The molecule has 0 radical (unpaired) electrons. The molecule has 1 N–H and O–H groups in total. The number of ether oxygens (including phenoxy) is 1. The highest BCUT2D eigenvalue weighted by molar-refractivity contribution is 5.94. The van der Waals surface area contributed by atoms with Gasteiger partial charge in [-0.15, -0.1) is 0 Å². The number of nitrogens with one attached hydrogen (secondary N) is 1. The first kappa shape index (κ1) is 19.7. The highest BCUT2D eigenvalue weighted by atomic mass is 16.5. The fourth-order valence-electron chi connectivity index (χ4n) is 2.77.